The highest BCUT2D eigenvalue weighted by molar-refractivity contribution is 5.90. The van der Waals surface area contributed by atoms with E-state index in [9.17, 15) is 9.59 Å². The molecule has 2 aromatic carbocycles. The van der Waals surface area contributed by atoms with Crippen molar-refractivity contribution in [2.24, 2.45) is 5.10 Å². The topological polar surface area (TPSA) is 99.4 Å². The maximum Gasteiger partial charge on any atom is 0.338 e. The second-order valence-corrected chi connectivity index (χ2v) is 6.60. The van der Waals surface area contributed by atoms with Crippen LogP contribution in [0.2, 0.25) is 0 Å². The third-order valence-electron chi connectivity index (χ3n) is 4.47. The number of carbonyl (C=O) groups excluding carboxylic acids is 2. The van der Waals surface area contributed by atoms with Gasteiger partial charge in [0.25, 0.3) is 5.91 Å². The Morgan fingerprint density at radius 3 is 2.65 bits per heavy atom. The zero-order valence-electron chi connectivity index (χ0n) is 16.7. The molecule has 0 radical (unpaired) electrons. The fraction of sp³-hybridized carbons (Fsp3) is 0.174. The van der Waals surface area contributed by atoms with Crippen molar-refractivity contribution in [3.8, 4) is 22.8 Å². The number of hydrazone groups is 1. The second kappa shape index (κ2) is 9.17. The summed E-state index contributed by atoms with van der Waals surface area (Å²) in [5.74, 6) is 1.38. The highest BCUT2D eigenvalue weighted by Crippen LogP contribution is 2.30. The molecule has 1 N–H and O–H groups in total. The van der Waals surface area contributed by atoms with Crippen LogP contribution in [-0.2, 0) is 9.53 Å². The molecule has 1 amide bonds. The molecule has 1 aliphatic heterocycles. The van der Waals surface area contributed by atoms with Gasteiger partial charge in [0.05, 0.1) is 18.4 Å². The normalized spacial score (nSPS) is 14.9. The smallest absolute Gasteiger partial charge is 0.338 e. The molecule has 0 saturated heterocycles. The summed E-state index contributed by atoms with van der Waals surface area (Å²) in [6.07, 6.45) is 0.601. The molecule has 1 atom stereocenters. The number of fused-ring (bicyclic) bond motifs is 1. The Labute approximate surface area is 178 Å². The molecule has 0 fully saturated rings. The highest BCUT2D eigenvalue weighted by atomic mass is 16.6. The van der Waals surface area contributed by atoms with Crippen LogP contribution in [0.3, 0.4) is 0 Å². The van der Waals surface area contributed by atoms with Crippen molar-refractivity contribution in [3.63, 3.8) is 0 Å². The van der Waals surface area contributed by atoms with Crippen molar-refractivity contribution in [3.05, 3.63) is 72.0 Å². The first-order valence-electron chi connectivity index (χ1n) is 9.73. The Bertz CT molecular complexity index is 1100. The van der Waals surface area contributed by atoms with Crippen molar-refractivity contribution >= 4 is 18.1 Å². The van der Waals surface area contributed by atoms with Gasteiger partial charge in [0.1, 0.15) is 18.1 Å². The summed E-state index contributed by atoms with van der Waals surface area (Å²) in [6.45, 7) is 2.19. The van der Waals surface area contributed by atoms with E-state index in [0.29, 0.717) is 35.2 Å². The first-order valence-corrected chi connectivity index (χ1v) is 9.73. The molecule has 1 unspecified atom stereocenters. The molecule has 31 heavy (non-hydrogen) atoms. The molecule has 2 heterocycles. The van der Waals surface area contributed by atoms with Gasteiger partial charge in [0.2, 0.25) is 6.10 Å². The molecule has 3 aromatic rings. The van der Waals surface area contributed by atoms with Gasteiger partial charge in [-0.1, -0.05) is 24.3 Å². The van der Waals surface area contributed by atoms with E-state index in [1.165, 1.54) is 6.21 Å². The van der Waals surface area contributed by atoms with Gasteiger partial charge in [0.15, 0.2) is 11.5 Å². The summed E-state index contributed by atoms with van der Waals surface area (Å²) in [5, 5.41) is 3.92. The number of furan rings is 1. The average Bonchev–Trinajstić information content (AvgIpc) is 3.28. The van der Waals surface area contributed by atoms with Gasteiger partial charge in [-0.15, -0.1) is 0 Å². The number of rotatable bonds is 6. The highest BCUT2D eigenvalue weighted by Gasteiger charge is 2.27. The fourth-order valence-corrected chi connectivity index (χ4v) is 2.94. The van der Waals surface area contributed by atoms with Gasteiger partial charge >= 0.3 is 5.97 Å². The quantitative estimate of drug-likeness (QED) is 0.373. The molecular formula is C23H20N2O6. The Morgan fingerprint density at radius 1 is 1.10 bits per heavy atom. The van der Waals surface area contributed by atoms with Crippen LogP contribution in [0.15, 0.2) is 70.2 Å². The Balaban J connectivity index is 1.34. The van der Waals surface area contributed by atoms with Crippen molar-refractivity contribution < 1.29 is 28.2 Å². The van der Waals surface area contributed by atoms with E-state index in [0.717, 1.165) is 5.56 Å². The zero-order chi connectivity index (χ0) is 21.6. The summed E-state index contributed by atoms with van der Waals surface area (Å²) >= 11 is 0. The number of ether oxygens (including phenoxy) is 3. The molecule has 1 aromatic heterocycles. The van der Waals surface area contributed by atoms with Crippen molar-refractivity contribution in [2.45, 2.75) is 13.0 Å². The van der Waals surface area contributed by atoms with E-state index >= 15 is 0 Å². The third kappa shape index (κ3) is 4.75. The Hall–Kier alpha value is -4.07. The molecular weight excluding hydrogens is 400 g/mol. The number of para-hydroxylation sites is 2. The largest absolute Gasteiger partial charge is 0.485 e. The van der Waals surface area contributed by atoms with Gasteiger partial charge in [-0.3, -0.25) is 4.79 Å². The SMILES string of the molecule is CCOC(=O)c1ccc(-c2ccc(/C=N/NC(=O)C3COc4ccccc4O3)o2)cc1. The zero-order valence-corrected chi connectivity index (χ0v) is 16.7. The van der Waals surface area contributed by atoms with E-state index < -0.39 is 12.0 Å². The van der Waals surface area contributed by atoms with Crippen LogP contribution < -0.4 is 14.9 Å². The molecule has 8 heteroatoms. The lowest BCUT2D eigenvalue weighted by Gasteiger charge is -2.24. The molecule has 0 bridgehead atoms. The monoisotopic (exact) mass is 420 g/mol. The molecule has 8 nitrogen and oxygen atoms in total. The maximum atomic E-state index is 12.3. The van der Waals surface area contributed by atoms with Crippen LogP contribution in [0.1, 0.15) is 23.0 Å². The number of esters is 1. The van der Waals surface area contributed by atoms with Crippen LogP contribution in [0.25, 0.3) is 11.3 Å². The van der Waals surface area contributed by atoms with E-state index in [2.05, 4.69) is 10.5 Å². The first kappa shape index (κ1) is 20.2. The first-order chi connectivity index (χ1) is 15.1. The van der Waals surface area contributed by atoms with Crippen LogP contribution in [0, 0.1) is 0 Å². The molecule has 1 aliphatic rings. The van der Waals surface area contributed by atoms with Crippen molar-refractivity contribution in [1.82, 2.24) is 5.43 Å². The van der Waals surface area contributed by atoms with Crippen LogP contribution in [-0.4, -0.2) is 37.4 Å². The van der Waals surface area contributed by atoms with Crippen molar-refractivity contribution in [1.29, 1.82) is 0 Å². The second-order valence-electron chi connectivity index (χ2n) is 6.60. The summed E-state index contributed by atoms with van der Waals surface area (Å²) in [5.41, 5.74) is 3.69. The van der Waals surface area contributed by atoms with E-state index in [1.807, 2.05) is 6.07 Å². The van der Waals surface area contributed by atoms with E-state index in [4.69, 9.17) is 18.6 Å². The number of benzene rings is 2. The summed E-state index contributed by atoms with van der Waals surface area (Å²) in [7, 11) is 0. The standard InChI is InChI=1S/C23H20N2O6/c1-2-28-23(27)16-9-7-15(8-10-16)18-12-11-17(30-18)13-24-25-22(26)21-14-29-19-5-3-4-6-20(19)31-21/h3-13,21H,2,14H2,1H3,(H,25,26)/b24-13+. The van der Waals surface area contributed by atoms with Crippen LogP contribution >= 0.6 is 0 Å². The van der Waals surface area contributed by atoms with Gasteiger partial charge in [-0.25, -0.2) is 10.2 Å². The molecule has 0 aliphatic carbocycles. The van der Waals surface area contributed by atoms with Crippen LogP contribution in [0.5, 0.6) is 11.5 Å². The van der Waals surface area contributed by atoms with Gasteiger partial charge in [-0.2, -0.15) is 5.10 Å². The predicted molar refractivity (Wildman–Crippen MR) is 112 cm³/mol. The summed E-state index contributed by atoms with van der Waals surface area (Å²) in [4.78, 5) is 24.0. The number of amides is 1. The van der Waals surface area contributed by atoms with Gasteiger partial charge < -0.3 is 18.6 Å². The number of hydrogen-bond donors (Lipinski definition) is 1. The number of nitrogens with zero attached hydrogens (tertiary/aromatic N) is 1. The van der Waals surface area contributed by atoms with E-state index in [1.54, 1.807) is 61.5 Å². The maximum absolute atomic E-state index is 12.3. The Kier molecular flexibility index (Phi) is 5.98. The Morgan fingerprint density at radius 2 is 1.87 bits per heavy atom. The minimum Gasteiger partial charge on any atom is -0.485 e. The summed E-state index contributed by atoms with van der Waals surface area (Å²) in [6, 6.07) is 17.5. The molecule has 0 spiro atoms. The lowest BCUT2D eigenvalue weighted by molar-refractivity contribution is -0.130. The number of nitrogens with one attached hydrogen (secondary N) is 1. The van der Waals surface area contributed by atoms with E-state index in [-0.39, 0.29) is 12.6 Å². The lowest BCUT2D eigenvalue weighted by Crippen LogP contribution is -2.42. The number of hydrogen-bond acceptors (Lipinski definition) is 7. The molecule has 0 saturated carbocycles. The van der Waals surface area contributed by atoms with Gasteiger partial charge in [-0.05, 0) is 43.3 Å². The minimum absolute atomic E-state index is 0.102. The third-order valence-corrected chi connectivity index (χ3v) is 4.47. The predicted octanol–water partition coefficient (Wildman–Crippen LogP) is 3.41. The average molecular weight is 420 g/mol. The van der Waals surface area contributed by atoms with Crippen LogP contribution in [0.4, 0.5) is 0 Å². The van der Waals surface area contributed by atoms with Crippen molar-refractivity contribution in [2.75, 3.05) is 13.2 Å². The molecule has 158 valence electrons. The summed E-state index contributed by atoms with van der Waals surface area (Å²) < 4.78 is 21.8. The minimum atomic E-state index is -0.794. The molecule has 4 rings (SSSR count). The fourth-order valence-electron chi connectivity index (χ4n) is 2.94. The number of carbonyl (C=O) groups is 2. The lowest BCUT2D eigenvalue weighted by atomic mass is 10.1. The van der Waals surface area contributed by atoms with Gasteiger partial charge in [0, 0.05) is 5.56 Å².